The molecule has 0 saturated heterocycles. The van der Waals surface area contributed by atoms with Gasteiger partial charge in [-0.3, -0.25) is 4.79 Å². The number of hydrogen-bond donors (Lipinski definition) is 2. The molecule has 1 amide bonds. The second kappa shape index (κ2) is 5.27. The Morgan fingerprint density at radius 2 is 2.21 bits per heavy atom. The van der Waals surface area contributed by atoms with E-state index in [1.54, 1.807) is 29.9 Å². The van der Waals surface area contributed by atoms with Gasteiger partial charge >= 0.3 is 0 Å². The molecule has 0 aliphatic carbocycles. The number of amides is 1. The molecule has 0 radical (unpaired) electrons. The fourth-order valence-corrected chi connectivity index (χ4v) is 1.59. The number of anilines is 1. The number of aromatic nitrogens is 2. The quantitative estimate of drug-likeness (QED) is 0.638. The van der Waals surface area contributed by atoms with Gasteiger partial charge in [0.05, 0.1) is 17.4 Å². The van der Waals surface area contributed by atoms with Crippen LogP contribution in [0.3, 0.4) is 0 Å². The summed E-state index contributed by atoms with van der Waals surface area (Å²) in [5, 5.41) is 6.83. The molecule has 2 rings (SSSR count). The van der Waals surface area contributed by atoms with Gasteiger partial charge in [-0.25, -0.2) is 4.68 Å². The van der Waals surface area contributed by atoms with Gasteiger partial charge in [-0.15, -0.1) is 6.42 Å². The summed E-state index contributed by atoms with van der Waals surface area (Å²) in [4.78, 5) is 11.8. The molecular formula is C14H14N4O. The highest BCUT2D eigenvalue weighted by Crippen LogP contribution is 2.15. The van der Waals surface area contributed by atoms with Crippen LogP contribution in [0, 0.1) is 12.3 Å². The fraction of sp³-hybridized carbons (Fsp3) is 0.143. The van der Waals surface area contributed by atoms with E-state index >= 15 is 0 Å². The molecule has 5 nitrogen and oxygen atoms in total. The minimum Gasteiger partial charge on any atom is -0.397 e. The van der Waals surface area contributed by atoms with Crippen LogP contribution in [0.2, 0.25) is 0 Å². The van der Waals surface area contributed by atoms with Gasteiger partial charge in [-0.05, 0) is 25.1 Å². The zero-order chi connectivity index (χ0) is 13.8. The molecule has 0 bridgehead atoms. The smallest absolute Gasteiger partial charge is 0.272 e. The van der Waals surface area contributed by atoms with Crippen LogP contribution in [0.5, 0.6) is 0 Å². The summed E-state index contributed by atoms with van der Waals surface area (Å²) in [5.74, 6) is 2.12. The molecule has 3 N–H and O–H groups in total. The molecule has 1 unspecified atom stereocenters. The predicted molar refractivity (Wildman–Crippen MR) is 73.7 cm³/mol. The van der Waals surface area contributed by atoms with Gasteiger partial charge in [0.2, 0.25) is 0 Å². The number of rotatable bonds is 3. The predicted octanol–water partition coefficient (Wildman–Crippen LogP) is 1.21. The Labute approximate surface area is 111 Å². The van der Waals surface area contributed by atoms with Crippen molar-refractivity contribution in [3.63, 3.8) is 0 Å². The number of nitrogen functional groups attached to an aromatic ring is 1. The largest absolute Gasteiger partial charge is 0.397 e. The normalized spacial score (nSPS) is 11.6. The van der Waals surface area contributed by atoms with Crippen molar-refractivity contribution in [1.82, 2.24) is 15.1 Å². The summed E-state index contributed by atoms with van der Waals surface area (Å²) in [6.45, 7) is 1.73. The van der Waals surface area contributed by atoms with Crippen molar-refractivity contribution in [3.8, 4) is 18.0 Å². The van der Waals surface area contributed by atoms with Crippen molar-refractivity contribution in [1.29, 1.82) is 0 Å². The number of hydrogen-bond acceptors (Lipinski definition) is 3. The van der Waals surface area contributed by atoms with E-state index in [4.69, 9.17) is 12.2 Å². The lowest BCUT2D eigenvalue weighted by Gasteiger charge is -2.06. The first-order valence-corrected chi connectivity index (χ1v) is 5.79. The van der Waals surface area contributed by atoms with Crippen LogP contribution in [0.15, 0.2) is 36.5 Å². The van der Waals surface area contributed by atoms with E-state index in [0.29, 0.717) is 11.4 Å². The summed E-state index contributed by atoms with van der Waals surface area (Å²) in [7, 11) is 0. The number of nitrogens with two attached hydrogens (primary N) is 1. The van der Waals surface area contributed by atoms with E-state index in [-0.39, 0.29) is 11.9 Å². The summed E-state index contributed by atoms with van der Waals surface area (Å²) in [5.41, 5.74) is 7.47. The minimum atomic E-state index is -0.334. The number of terminal acetylenes is 1. The van der Waals surface area contributed by atoms with Crippen molar-refractivity contribution < 1.29 is 4.79 Å². The maximum absolute atomic E-state index is 11.8. The molecule has 0 aliphatic rings. The van der Waals surface area contributed by atoms with Gasteiger partial charge in [-0.2, -0.15) is 5.10 Å². The molecule has 19 heavy (non-hydrogen) atoms. The molecule has 1 aromatic carbocycles. The Morgan fingerprint density at radius 1 is 1.47 bits per heavy atom. The fourth-order valence-electron chi connectivity index (χ4n) is 1.59. The van der Waals surface area contributed by atoms with Gasteiger partial charge in [0.1, 0.15) is 0 Å². The number of carbonyl (C=O) groups excluding carboxylic acids is 1. The van der Waals surface area contributed by atoms with Gasteiger partial charge in [0.15, 0.2) is 5.69 Å². The lowest BCUT2D eigenvalue weighted by molar-refractivity contribution is 0.0942. The maximum atomic E-state index is 11.8. The van der Waals surface area contributed by atoms with Gasteiger partial charge in [0, 0.05) is 6.20 Å². The Bertz CT molecular complexity index is 639. The highest BCUT2D eigenvalue weighted by molar-refractivity contribution is 5.92. The average Bonchev–Trinajstić information content (AvgIpc) is 2.88. The monoisotopic (exact) mass is 254 g/mol. The molecule has 0 aliphatic heterocycles. The Kier molecular flexibility index (Phi) is 3.53. The van der Waals surface area contributed by atoms with E-state index in [1.807, 2.05) is 18.2 Å². The molecule has 2 aromatic rings. The lowest BCUT2D eigenvalue weighted by Crippen LogP contribution is -2.31. The molecular weight excluding hydrogens is 240 g/mol. The summed E-state index contributed by atoms with van der Waals surface area (Å²) in [6, 6.07) is 8.58. The third-order valence-corrected chi connectivity index (χ3v) is 2.60. The summed E-state index contributed by atoms with van der Waals surface area (Å²) in [6.07, 6.45) is 6.89. The molecule has 96 valence electrons. The Morgan fingerprint density at radius 3 is 2.89 bits per heavy atom. The van der Waals surface area contributed by atoms with Crippen LogP contribution in [-0.2, 0) is 0 Å². The molecule has 0 spiro atoms. The van der Waals surface area contributed by atoms with Crippen molar-refractivity contribution >= 4 is 11.6 Å². The van der Waals surface area contributed by atoms with E-state index in [2.05, 4.69) is 16.3 Å². The Balaban J connectivity index is 2.23. The van der Waals surface area contributed by atoms with Gasteiger partial charge < -0.3 is 11.1 Å². The average molecular weight is 254 g/mol. The first kappa shape index (κ1) is 12.7. The van der Waals surface area contributed by atoms with Crippen LogP contribution in [0.1, 0.15) is 17.4 Å². The van der Waals surface area contributed by atoms with E-state index in [9.17, 15) is 4.79 Å². The zero-order valence-electron chi connectivity index (χ0n) is 10.5. The highest BCUT2D eigenvalue weighted by Gasteiger charge is 2.12. The second-order valence-corrected chi connectivity index (χ2v) is 4.07. The first-order chi connectivity index (χ1) is 9.11. The van der Waals surface area contributed by atoms with Crippen molar-refractivity contribution in [2.75, 3.05) is 5.73 Å². The second-order valence-electron chi connectivity index (χ2n) is 4.07. The number of nitrogens with one attached hydrogen (secondary N) is 1. The zero-order valence-corrected chi connectivity index (χ0v) is 10.5. The number of carbonyl (C=O) groups is 1. The third-order valence-electron chi connectivity index (χ3n) is 2.60. The van der Waals surface area contributed by atoms with Gasteiger partial charge in [0.25, 0.3) is 5.91 Å². The number of benzene rings is 1. The van der Waals surface area contributed by atoms with Crippen LogP contribution < -0.4 is 11.1 Å². The molecule has 0 saturated carbocycles. The van der Waals surface area contributed by atoms with Gasteiger partial charge in [-0.1, -0.05) is 18.1 Å². The van der Waals surface area contributed by atoms with Crippen LogP contribution in [-0.4, -0.2) is 21.7 Å². The lowest BCUT2D eigenvalue weighted by atomic mass is 10.3. The molecule has 1 atom stereocenters. The van der Waals surface area contributed by atoms with E-state index in [1.165, 1.54) is 0 Å². The van der Waals surface area contributed by atoms with Crippen molar-refractivity contribution in [2.24, 2.45) is 0 Å². The molecule has 1 heterocycles. The minimum absolute atomic E-state index is 0.297. The molecule has 0 fully saturated rings. The first-order valence-electron chi connectivity index (χ1n) is 5.79. The van der Waals surface area contributed by atoms with E-state index < -0.39 is 0 Å². The number of para-hydroxylation sites is 2. The van der Waals surface area contributed by atoms with Crippen LogP contribution in [0.25, 0.3) is 5.69 Å². The summed E-state index contributed by atoms with van der Waals surface area (Å²) < 4.78 is 1.56. The maximum Gasteiger partial charge on any atom is 0.272 e. The Hall–Kier alpha value is -2.74. The SMILES string of the molecule is C#CC(C)NC(=O)c1ccn(-c2ccccc2N)n1. The molecule has 5 heteroatoms. The summed E-state index contributed by atoms with van der Waals surface area (Å²) >= 11 is 0. The van der Waals surface area contributed by atoms with Crippen LogP contribution in [0.4, 0.5) is 5.69 Å². The van der Waals surface area contributed by atoms with Crippen LogP contribution >= 0.6 is 0 Å². The molecule has 1 aromatic heterocycles. The number of nitrogens with zero attached hydrogens (tertiary/aromatic N) is 2. The van der Waals surface area contributed by atoms with Crippen molar-refractivity contribution in [2.45, 2.75) is 13.0 Å². The highest BCUT2D eigenvalue weighted by atomic mass is 16.2. The van der Waals surface area contributed by atoms with Crippen molar-refractivity contribution in [3.05, 3.63) is 42.2 Å². The van der Waals surface area contributed by atoms with E-state index in [0.717, 1.165) is 5.69 Å². The third kappa shape index (κ3) is 2.75. The topological polar surface area (TPSA) is 72.9 Å². The standard InChI is InChI=1S/C14H14N4O/c1-3-10(2)16-14(19)12-8-9-18(17-12)13-7-5-4-6-11(13)15/h1,4-10H,15H2,2H3,(H,16,19).